The van der Waals surface area contributed by atoms with Crippen LogP contribution < -0.4 is 15.0 Å². The lowest BCUT2D eigenvalue weighted by molar-refractivity contribution is -0.148. The molecule has 6 rings (SSSR count). The van der Waals surface area contributed by atoms with Crippen LogP contribution in [-0.2, 0) is 32.6 Å². The molecule has 1 unspecified atom stereocenters. The molecule has 3 aliphatic rings. The predicted molar refractivity (Wildman–Crippen MR) is 162 cm³/mol. The van der Waals surface area contributed by atoms with Crippen molar-refractivity contribution in [2.75, 3.05) is 31.0 Å². The van der Waals surface area contributed by atoms with E-state index >= 15 is 0 Å². The fraction of sp³-hybridized carbons (Fsp3) is 0.412. The zero-order chi connectivity index (χ0) is 28.6. The number of hydrogen-bond acceptors (Lipinski definition) is 5. The van der Waals surface area contributed by atoms with Crippen LogP contribution in [-0.4, -0.2) is 38.2 Å². The number of rotatable bonds is 8. The normalized spacial score (nSPS) is 24.7. The van der Waals surface area contributed by atoms with Gasteiger partial charge in [0.15, 0.2) is 0 Å². The smallest absolute Gasteiger partial charge is 0.331 e. The fourth-order valence-electron chi connectivity index (χ4n) is 7.52. The van der Waals surface area contributed by atoms with E-state index in [9.17, 15) is 9.59 Å². The zero-order valence-electron chi connectivity index (χ0n) is 23.8. The molecule has 0 saturated heterocycles. The lowest BCUT2D eigenvalue weighted by Gasteiger charge is -2.47. The predicted octanol–water partition coefficient (Wildman–Crippen LogP) is 6.73. The van der Waals surface area contributed by atoms with Crippen LogP contribution in [0.4, 0.5) is 11.4 Å². The molecule has 214 valence electrons. The standard InChI is InChI=1S/C34H37ClN2O4/c1-37-30-13-12-28(20-24(30)21-31(37)38)41-18-6-8-25-19-23-7-3-4-11-29(23)33(25)14-16-34(17-15-33,32(39)40-2)36-27-10-5-9-26(35)22-27/h3-5,7,9-13,20,22,25,36H,6,8,14-19,21H2,1-2H3. The number of nitrogens with zero attached hydrogens (tertiary/aromatic N) is 1. The Balaban J connectivity index is 1.15. The quantitative estimate of drug-likeness (QED) is 0.239. The number of likely N-dealkylation sites (N-methyl/N-ethyl adjacent to an activating group) is 1. The second kappa shape index (κ2) is 11.1. The van der Waals surface area contributed by atoms with Crippen LogP contribution in [0.3, 0.4) is 0 Å². The Bertz CT molecular complexity index is 1460. The maximum Gasteiger partial charge on any atom is 0.331 e. The van der Waals surface area contributed by atoms with Crippen molar-refractivity contribution < 1.29 is 19.1 Å². The summed E-state index contributed by atoms with van der Waals surface area (Å²) in [5.74, 6) is 1.21. The lowest BCUT2D eigenvalue weighted by atomic mass is 9.60. The zero-order valence-corrected chi connectivity index (χ0v) is 24.5. The van der Waals surface area contributed by atoms with Gasteiger partial charge in [-0.1, -0.05) is 41.9 Å². The monoisotopic (exact) mass is 572 g/mol. The van der Waals surface area contributed by atoms with E-state index in [1.54, 1.807) is 4.90 Å². The summed E-state index contributed by atoms with van der Waals surface area (Å²) >= 11 is 6.25. The molecule has 1 heterocycles. The minimum atomic E-state index is -0.779. The number of anilines is 2. The van der Waals surface area contributed by atoms with Gasteiger partial charge in [0.05, 0.1) is 20.1 Å². The van der Waals surface area contributed by atoms with Gasteiger partial charge >= 0.3 is 5.97 Å². The minimum Gasteiger partial charge on any atom is -0.494 e. The summed E-state index contributed by atoms with van der Waals surface area (Å²) in [6.07, 6.45) is 6.68. The summed E-state index contributed by atoms with van der Waals surface area (Å²) in [5, 5.41) is 4.16. The number of halogens is 1. The number of nitrogens with one attached hydrogen (secondary N) is 1. The molecular weight excluding hydrogens is 536 g/mol. The molecule has 1 fully saturated rings. The fourth-order valence-corrected chi connectivity index (χ4v) is 7.71. The highest BCUT2D eigenvalue weighted by molar-refractivity contribution is 6.30. The summed E-state index contributed by atoms with van der Waals surface area (Å²) in [4.78, 5) is 27.0. The summed E-state index contributed by atoms with van der Waals surface area (Å²) in [5.41, 5.74) is 4.96. The Kier molecular flexibility index (Phi) is 7.45. The van der Waals surface area contributed by atoms with Gasteiger partial charge in [-0.2, -0.15) is 0 Å². The van der Waals surface area contributed by atoms with Crippen molar-refractivity contribution >= 4 is 34.9 Å². The number of benzene rings is 3. The first-order valence-electron chi connectivity index (χ1n) is 14.6. The summed E-state index contributed by atoms with van der Waals surface area (Å²) in [7, 11) is 3.29. The number of carbonyl (C=O) groups is 2. The van der Waals surface area contributed by atoms with Crippen LogP contribution in [0.25, 0.3) is 0 Å². The third-order valence-corrected chi connectivity index (χ3v) is 9.91. The van der Waals surface area contributed by atoms with E-state index in [4.69, 9.17) is 21.1 Å². The third-order valence-electron chi connectivity index (χ3n) is 9.68. The second-order valence-corrected chi connectivity index (χ2v) is 12.3. The third kappa shape index (κ3) is 5.07. The summed E-state index contributed by atoms with van der Waals surface area (Å²) in [6, 6.07) is 22.3. The molecule has 0 aromatic heterocycles. The molecule has 1 spiro atoms. The molecule has 1 aliphatic heterocycles. The molecule has 3 aromatic carbocycles. The SMILES string of the molecule is COC(=O)C1(Nc2cccc(Cl)c2)CCC2(CC1)c1ccccc1CC2CCCOc1ccc2c(c1)CC(=O)N2C. The van der Waals surface area contributed by atoms with E-state index in [0.29, 0.717) is 36.8 Å². The molecule has 1 saturated carbocycles. The van der Waals surface area contributed by atoms with Crippen LogP contribution in [0.5, 0.6) is 5.75 Å². The summed E-state index contributed by atoms with van der Waals surface area (Å²) < 4.78 is 11.5. The Morgan fingerprint density at radius 2 is 1.83 bits per heavy atom. The van der Waals surface area contributed by atoms with E-state index in [1.165, 1.54) is 18.2 Å². The first-order chi connectivity index (χ1) is 19.8. The summed E-state index contributed by atoms with van der Waals surface area (Å²) in [6.45, 7) is 0.633. The molecule has 6 nitrogen and oxygen atoms in total. The molecular formula is C34H37ClN2O4. The number of fused-ring (bicyclic) bond motifs is 3. The van der Waals surface area contributed by atoms with E-state index in [2.05, 4.69) is 29.6 Å². The molecule has 1 N–H and O–H groups in total. The van der Waals surface area contributed by atoms with Crippen LogP contribution in [0.15, 0.2) is 66.7 Å². The van der Waals surface area contributed by atoms with E-state index in [-0.39, 0.29) is 17.3 Å². The van der Waals surface area contributed by atoms with Gasteiger partial charge < -0.3 is 19.7 Å². The Labute approximate surface area is 247 Å². The largest absolute Gasteiger partial charge is 0.494 e. The molecule has 1 amide bonds. The van der Waals surface area contributed by atoms with Gasteiger partial charge in [0, 0.05) is 23.4 Å². The molecule has 1 atom stereocenters. The maximum absolute atomic E-state index is 13.2. The van der Waals surface area contributed by atoms with Crippen LogP contribution in [0, 0.1) is 5.92 Å². The molecule has 3 aromatic rings. The van der Waals surface area contributed by atoms with Gasteiger partial charge in [0.1, 0.15) is 11.3 Å². The minimum absolute atomic E-state index is 0.0304. The van der Waals surface area contributed by atoms with E-state index < -0.39 is 5.54 Å². The van der Waals surface area contributed by atoms with Gasteiger partial charge in [-0.15, -0.1) is 0 Å². The van der Waals surface area contributed by atoms with Crippen molar-refractivity contribution in [3.05, 3.63) is 88.4 Å². The number of ether oxygens (including phenoxy) is 2. The molecule has 2 aliphatic carbocycles. The Morgan fingerprint density at radius 3 is 2.61 bits per heavy atom. The first-order valence-corrected chi connectivity index (χ1v) is 14.9. The molecule has 0 bridgehead atoms. The Hall–Kier alpha value is -3.51. The van der Waals surface area contributed by atoms with Gasteiger partial charge in [-0.3, -0.25) is 4.79 Å². The topological polar surface area (TPSA) is 67.9 Å². The van der Waals surface area contributed by atoms with Gasteiger partial charge in [-0.05, 0) is 109 Å². The van der Waals surface area contributed by atoms with Gasteiger partial charge in [0.2, 0.25) is 5.91 Å². The number of carbonyl (C=O) groups excluding carboxylic acids is 2. The number of hydrogen-bond donors (Lipinski definition) is 1. The van der Waals surface area contributed by atoms with E-state index in [0.717, 1.165) is 54.8 Å². The lowest BCUT2D eigenvalue weighted by Crippen LogP contribution is -2.53. The van der Waals surface area contributed by atoms with Crippen LogP contribution in [0.1, 0.15) is 55.2 Å². The van der Waals surface area contributed by atoms with Gasteiger partial charge in [-0.25, -0.2) is 4.79 Å². The average molecular weight is 573 g/mol. The van der Waals surface area contributed by atoms with Crippen molar-refractivity contribution in [3.63, 3.8) is 0 Å². The highest BCUT2D eigenvalue weighted by atomic mass is 35.5. The van der Waals surface area contributed by atoms with Crippen molar-refractivity contribution in [1.29, 1.82) is 0 Å². The molecule has 0 radical (unpaired) electrons. The maximum atomic E-state index is 13.2. The van der Waals surface area contributed by atoms with Gasteiger partial charge in [0.25, 0.3) is 0 Å². The number of methoxy groups -OCH3 is 1. The van der Waals surface area contributed by atoms with Crippen LogP contribution >= 0.6 is 11.6 Å². The van der Waals surface area contributed by atoms with Crippen molar-refractivity contribution in [3.8, 4) is 5.75 Å². The number of esters is 1. The molecule has 41 heavy (non-hydrogen) atoms. The van der Waals surface area contributed by atoms with Crippen molar-refractivity contribution in [2.24, 2.45) is 5.92 Å². The van der Waals surface area contributed by atoms with Crippen molar-refractivity contribution in [2.45, 2.75) is 62.3 Å². The molecule has 7 heteroatoms. The van der Waals surface area contributed by atoms with Crippen molar-refractivity contribution in [1.82, 2.24) is 0 Å². The Morgan fingerprint density at radius 1 is 1.02 bits per heavy atom. The van der Waals surface area contributed by atoms with E-state index in [1.807, 2.05) is 49.5 Å². The highest BCUT2D eigenvalue weighted by Gasteiger charge is 2.54. The highest BCUT2D eigenvalue weighted by Crippen LogP contribution is 2.55. The second-order valence-electron chi connectivity index (χ2n) is 11.8. The average Bonchev–Trinajstić information content (AvgIpc) is 3.44. The van der Waals surface area contributed by atoms with Crippen LogP contribution in [0.2, 0.25) is 5.02 Å². The number of amides is 1. The first kappa shape index (κ1) is 27.6.